The van der Waals surface area contributed by atoms with E-state index < -0.39 is 10.1 Å². The molecule has 20 heavy (non-hydrogen) atoms. The number of nitrogens with two attached hydrogens (primary N) is 1. The summed E-state index contributed by atoms with van der Waals surface area (Å²) in [4.78, 5) is -0.0741. The Morgan fingerprint density at radius 3 is 1.90 bits per heavy atom. The summed E-state index contributed by atoms with van der Waals surface area (Å²) in [6, 6.07) is 14.8. The van der Waals surface area contributed by atoms with Crippen LogP contribution in [-0.2, 0) is 10.1 Å². The topological polar surface area (TPSA) is 104 Å². The van der Waals surface area contributed by atoms with Crippen molar-refractivity contribution in [2.75, 3.05) is 0 Å². The maximum absolute atomic E-state index is 10.4. The summed E-state index contributed by atoms with van der Waals surface area (Å²) in [7, 11) is -4.00. The van der Waals surface area contributed by atoms with E-state index in [2.05, 4.69) is 15.9 Å². The Labute approximate surface area is 125 Å². The highest BCUT2D eigenvalue weighted by atomic mass is 79.9. The van der Waals surface area contributed by atoms with Gasteiger partial charge in [-0.15, -0.1) is 0 Å². The number of benzene rings is 2. The van der Waals surface area contributed by atoms with Crippen LogP contribution in [0.5, 0.6) is 0 Å². The van der Waals surface area contributed by atoms with E-state index in [1.54, 1.807) is 24.3 Å². The molecule has 5 nitrogen and oxygen atoms in total. The van der Waals surface area contributed by atoms with E-state index in [9.17, 15) is 8.42 Å². The predicted molar refractivity (Wildman–Crippen MR) is 81.4 cm³/mol. The highest BCUT2D eigenvalue weighted by molar-refractivity contribution is 9.10. The number of amidine groups is 1. The van der Waals surface area contributed by atoms with E-state index in [1.807, 2.05) is 18.2 Å². The number of hydrogen-bond acceptors (Lipinski definition) is 3. The van der Waals surface area contributed by atoms with Gasteiger partial charge in [0, 0.05) is 10.0 Å². The van der Waals surface area contributed by atoms with Gasteiger partial charge in [-0.25, -0.2) is 0 Å². The molecule has 0 radical (unpaired) electrons. The number of halogens is 1. The van der Waals surface area contributed by atoms with Crippen molar-refractivity contribution in [3.05, 3.63) is 64.6 Å². The molecule has 0 spiro atoms. The lowest BCUT2D eigenvalue weighted by Gasteiger charge is -1.98. The lowest BCUT2D eigenvalue weighted by molar-refractivity contribution is 0.483. The van der Waals surface area contributed by atoms with Crippen LogP contribution in [0.25, 0.3) is 0 Å². The molecule has 0 fully saturated rings. The highest BCUT2D eigenvalue weighted by Crippen LogP contribution is 2.14. The predicted octanol–water partition coefficient (Wildman–Crippen LogP) is 2.67. The first-order valence-corrected chi connectivity index (χ1v) is 7.67. The number of rotatable bonds is 2. The average Bonchev–Trinajstić information content (AvgIpc) is 2.40. The lowest BCUT2D eigenvalue weighted by Crippen LogP contribution is -2.11. The van der Waals surface area contributed by atoms with Crippen LogP contribution in [0.15, 0.2) is 64.0 Å². The minimum absolute atomic E-state index is 0.0741. The van der Waals surface area contributed by atoms with Crippen molar-refractivity contribution in [3.63, 3.8) is 0 Å². The molecule has 0 aliphatic rings. The van der Waals surface area contributed by atoms with E-state index in [0.29, 0.717) is 0 Å². The van der Waals surface area contributed by atoms with Crippen LogP contribution in [0, 0.1) is 5.41 Å². The molecular weight excluding hydrogens is 344 g/mol. The van der Waals surface area contributed by atoms with Crippen LogP contribution in [0.4, 0.5) is 0 Å². The molecule has 0 aliphatic heterocycles. The van der Waals surface area contributed by atoms with E-state index in [-0.39, 0.29) is 10.7 Å². The first-order chi connectivity index (χ1) is 9.32. The third-order valence-corrected chi connectivity index (χ3v) is 3.76. The zero-order chi connectivity index (χ0) is 15.2. The molecule has 0 bridgehead atoms. The SMILES string of the molecule is N=C(N)c1ccccc1Br.O=S(=O)(O)c1ccccc1. The maximum Gasteiger partial charge on any atom is 0.294 e. The fourth-order valence-corrected chi connectivity index (χ4v) is 2.27. The molecule has 106 valence electrons. The van der Waals surface area contributed by atoms with Crippen molar-refractivity contribution in [1.82, 2.24) is 0 Å². The van der Waals surface area contributed by atoms with Crippen molar-refractivity contribution < 1.29 is 13.0 Å². The van der Waals surface area contributed by atoms with Crippen molar-refractivity contribution in [2.24, 2.45) is 5.73 Å². The van der Waals surface area contributed by atoms with Gasteiger partial charge in [0.2, 0.25) is 0 Å². The second-order valence-electron chi connectivity index (χ2n) is 3.68. The summed E-state index contributed by atoms with van der Waals surface area (Å²) < 4.78 is 30.1. The van der Waals surface area contributed by atoms with E-state index >= 15 is 0 Å². The Kier molecular flexibility index (Phi) is 5.87. The van der Waals surface area contributed by atoms with Crippen molar-refractivity contribution in [2.45, 2.75) is 4.90 Å². The molecule has 0 aliphatic carbocycles. The number of hydrogen-bond donors (Lipinski definition) is 3. The van der Waals surface area contributed by atoms with Crippen molar-refractivity contribution in [3.8, 4) is 0 Å². The molecule has 0 heterocycles. The molecule has 0 saturated carbocycles. The summed E-state index contributed by atoms with van der Waals surface area (Å²) in [5.41, 5.74) is 6.01. The Hall–Kier alpha value is -1.70. The fraction of sp³-hybridized carbons (Fsp3) is 0. The van der Waals surface area contributed by atoms with Crippen LogP contribution in [0.1, 0.15) is 5.56 Å². The largest absolute Gasteiger partial charge is 0.384 e. The molecule has 4 N–H and O–H groups in total. The molecule has 0 atom stereocenters. The molecule has 2 aromatic rings. The summed E-state index contributed by atoms with van der Waals surface area (Å²) in [5.74, 6) is 0.0903. The first-order valence-electron chi connectivity index (χ1n) is 5.44. The van der Waals surface area contributed by atoms with Gasteiger partial charge in [0.25, 0.3) is 10.1 Å². The van der Waals surface area contributed by atoms with Gasteiger partial charge in [0.05, 0.1) is 4.90 Å². The third kappa shape index (κ3) is 5.12. The zero-order valence-corrected chi connectivity index (χ0v) is 12.7. The second-order valence-corrected chi connectivity index (χ2v) is 5.96. The summed E-state index contributed by atoms with van der Waals surface area (Å²) in [6.45, 7) is 0. The molecule has 0 aromatic heterocycles. The van der Waals surface area contributed by atoms with Crippen LogP contribution in [0.3, 0.4) is 0 Å². The van der Waals surface area contributed by atoms with Crippen molar-refractivity contribution >= 4 is 31.9 Å². The van der Waals surface area contributed by atoms with Gasteiger partial charge in [0.1, 0.15) is 5.84 Å². The van der Waals surface area contributed by atoms with Gasteiger partial charge < -0.3 is 5.73 Å². The second kappa shape index (κ2) is 7.18. The zero-order valence-electron chi connectivity index (χ0n) is 10.3. The Morgan fingerprint density at radius 2 is 1.55 bits per heavy atom. The van der Waals surface area contributed by atoms with Crippen LogP contribution >= 0.6 is 15.9 Å². The highest BCUT2D eigenvalue weighted by Gasteiger charge is 2.05. The molecule has 0 saturated heterocycles. The van der Waals surface area contributed by atoms with E-state index in [4.69, 9.17) is 15.7 Å². The summed E-state index contributed by atoms with van der Waals surface area (Å²) in [6.07, 6.45) is 0. The fourth-order valence-electron chi connectivity index (χ4n) is 1.27. The minimum atomic E-state index is -4.00. The first kappa shape index (κ1) is 16.4. The molecule has 7 heteroatoms. The molecule has 0 amide bonds. The standard InChI is InChI=1S/C7H7BrN2.C6H6O3S/c8-6-4-2-1-3-5(6)7(9)10;7-10(8,9)6-4-2-1-3-5-6/h1-4H,(H3,9,10);1-5H,(H,7,8,9). The van der Waals surface area contributed by atoms with E-state index in [0.717, 1.165) is 10.0 Å². The number of nitrogens with one attached hydrogen (secondary N) is 1. The number of nitrogen functional groups attached to an aromatic ring is 1. The Balaban J connectivity index is 0.000000200. The summed E-state index contributed by atoms with van der Waals surface area (Å²) >= 11 is 3.28. The summed E-state index contributed by atoms with van der Waals surface area (Å²) in [5, 5.41) is 7.12. The lowest BCUT2D eigenvalue weighted by atomic mass is 10.2. The van der Waals surface area contributed by atoms with Crippen molar-refractivity contribution in [1.29, 1.82) is 5.41 Å². The van der Waals surface area contributed by atoms with Gasteiger partial charge in [0.15, 0.2) is 0 Å². The quantitative estimate of drug-likeness (QED) is 0.437. The van der Waals surface area contributed by atoms with Gasteiger partial charge in [-0.3, -0.25) is 9.96 Å². The molecular formula is C13H13BrN2O3S. The Morgan fingerprint density at radius 1 is 1.05 bits per heavy atom. The monoisotopic (exact) mass is 356 g/mol. The third-order valence-electron chi connectivity index (χ3n) is 2.21. The van der Waals surface area contributed by atoms with Gasteiger partial charge in [-0.05, 0) is 18.2 Å². The van der Waals surface area contributed by atoms with Gasteiger partial charge in [-0.2, -0.15) is 8.42 Å². The Bertz CT molecular complexity index is 688. The normalized spacial score (nSPS) is 10.3. The average molecular weight is 357 g/mol. The minimum Gasteiger partial charge on any atom is -0.384 e. The van der Waals surface area contributed by atoms with E-state index in [1.165, 1.54) is 12.1 Å². The van der Waals surface area contributed by atoms with Gasteiger partial charge in [-0.1, -0.05) is 52.3 Å². The van der Waals surface area contributed by atoms with Crippen LogP contribution < -0.4 is 5.73 Å². The smallest absolute Gasteiger partial charge is 0.294 e. The molecule has 0 unspecified atom stereocenters. The maximum atomic E-state index is 10.4. The van der Waals surface area contributed by atoms with Crippen LogP contribution in [-0.4, -0.2) is 18.8 Å². The van der Waals surface area contributed by atoms with Crippen LogP contribution in [0.2, 0.25) is 0 Å². The molecule has 2 rings (SSSR count). The molecule has 2 aromatic carbocycles. The van der Waals surface area contributed by atoms with Gasteiger partial charge >= 0.3 is 0 Å².